The van der Waals surface area contributed by atoms with Crippen molar-refractivity contribution in [3.8, 4) is 0 Å². The molecular formula is C12H14ClN3S. The fourth-order valence-corrected chi connectivity index (χ4v) is 2.56. The maximum atomic E-state index is 5.82. The molecule has 0 saturated heterocycles. The number of thiazole rings is 1. The molecule has 0 N–H and O–H groups in total. The first-order valence-electron chi connectivity index (χ1n) is 5.36. The van der Waals surface area contributed by atoms with E-state index in [1.807, 2.05) is 0 Å². The second-order valence-electron chi connectivity index (χ2n) is 4.89. The third kappa shape index (κ3) is 3.23. The minimum Gasteiger partial charge on any atom is -0.245 e. The molecule has 90 valence electrons. The van der Waals surface area contributed by atoms with Crippen LogP contribution in [0.25, 0.3) is 0 Å². The highest BCUT2D eigenvalue weighted by Crippen LogP contribution is 2.24. The normalized spacial score (nSPS) is 11.8. The van der Waals surface area contributed by atoms with Gasteiger partial charge in [0.05, 0.1) is 16.4 Å². The number of hydrogen-bond acceptors (Lipinski definition) is 4. The Kier molecular flexibility index (Phi) is 3.45. The van der Waals surface area contributed by atoms with Crippen molar-refractivity contribution in [2.45, 2.75) is 32.6 Å². The van der Waals surface area contributed by atoms with Crippen LogP contribution in [0.3, 0.4) is 0 Å². The maximum Gasteiger partial charge on any atom is 0.132 e. The van der Waals surface area contributed by atoms with Crippen LogP contribution in [-0.2, 0) is 11.8 Å². The SMILES string of the molecule is CC(C)(C)c1csc(Cc2cc(Cl)ncn2)n1. The van der Waals surface area contributed by atoms with Crippen molar-refractivity contribution in [3.05, 3.63) is 39.3 Å². The van der Waals surface area contributed by atoms with Gasteiger partial charge in [-0.3, -0.25) is 0 Å². The topological polar surface area (TPSA) is 38.7 Å². The number of aromatic nitrogens is 3. The van der Waals surface area contributed by atoms with Crippen LogP contribution < -0.4 is 0 Å². The summed E-state index contributed by atoms with van der Waals surface area (Å²) in [4.78, 5) is 12.7. The first-order chi connectivity index (χ1) is 7.95. The van der Waals surface area contributed by atoms with E-state index in [9.17, 15) is 0 Å². The van der Waals surface area contributed by atoms with Gasteiger partial charge >= 0.3 is 0 Å². The summed E-state index contributed by atoms with van der Waals surface area (Å²) in [5.41, 5.74) is 2.12. The lowest BCUT2D eigenvalue weighted by Crippen LogP contribution is -2.11. The second-order valence-corrected chi connectivity index (χ2v) is 6.22. The van der Waals surface area contributed by atoms with Gasteiger partial charge < -0.3 is 0 Å². The highest BCUT2D eigenvalue weighted by atomic mass is 35.5. The summed E-state index contributed by atoms with van der Waals surface area (Å²) in [6.07, 6.45) is 2.19. The molecule has 0 bridgehead atoms. The van der Waals surface area contributed by atoms with Gasteiger partial charge in [0.15, 0.2) is 0 Å². The quantitative estimate of drug-likeness (QED) is 0.782. The van der Waals surface area contributed by atoms with Crippen LogP contribution in [-0.4, -0.2) is 15.0 Å². The molecule has 2 aromatic rings. The van der Waals surface area contributed by atoms with E-state index in [1.165, 1.54) is 6.33 Å². The van der Waals surface area contributed by atoms with Crippen molar-refractivity contribution >= 4 is 22.9 Å². The average Bonchev–Trinajstić information content (AvgIpc) is 2.65. The number of halogens is 1. The molecule has 2 aromatic heterocycles. The molecule has 0 amide bonds. The van der Waals surface area contributed by atoms with Crippen LogP contribution >= 0.6 is 22.9 Å². The van der Waals surface area contributed by atoms with Gasteiger partial charge in [-0.05, 0) is 6.07 Å². The summed E-state index contributed by atoms with van der Waals surface area (Å²) >= 11 is 7.48. The lowest BCUT2D eigenvalue weighted by molar-refractivity contribution is 0.571. The third-order valence-corrected chi connectivity index (χ3v) is 3.40. The van der Waals surface area contributed by atoms with Gasteiger partial charge in [-0.2, -0.15) is 0 Å². The van der Waals surface area contributed by atoms with Crippen LogP contribution in [0.15, 0.2) is 17.8 Å². The Morgan fingerprint density at radius 3 is 2.65 bits per heavy atom. The van der Waals surface area contributed by atoms with E-state index in [4.69, 9.17) is 11.6 Å². The minimum absolute atomic E-state index is 0.0953. The van der Waals surface area contributed by atoms with Crippen LogP contribution in [0.5, 0.6) is 0 Å². The Labute approximate surface area is 110 Å². The summed E-state index contributed by atoms with van der Waals surface area (Å²) in [7, 11) is 0. The molecule has 0 aliphatic heterocycles. The van der Waals surface area contributed by atoms with Gasteiger partial charge in [0.25, 0.3) is 0 Å². The molecule has 5 heteroatoms. The Morgan fingerprint density at radius 1 is 1.29 bits per heavy atom. The van der Waals surface area contributed by atoms with Crippen molar-refractivity contribution in [2.75, 3.05) is 0 Å². The summed E-state index contributed by atoms with van der Waals surface area (Å²) < 4.78 is 0. The molecule has 0 saturated carbocycles. The van der Waals surface area contributed by atoms with Crippen molar-refractivity contribution in [1.82, 2.24) is 15.0 Å². The Balaban J connectivity index is 2.17. The minimum atomic E-state index is 0.0953. The number of rotatable bonds is 2. The van der Waals surface area contributed by atoms with E-state index in [0.29, 0.717) is 11.6 Å². The van der Waals surface area contributed by atoms with Gasteiger partial charge in [0.1, 0.15) is 11.5 Å². The summed E-state index contributed by atoms with van der Waals surface area (Å²) in [5, 5.41) is 3.64. The lowest BCUT2D eigenvalue weighted by Gasteiger charge is -2.14. The van der Waals surface area contributed by atoms with Crippen LogP contribution in [0.2, 0.25) is 5.15 Å². The summed E-state index contributed by atoms with van der Waals surface area (Å²) in [6.45, 7) is 6.48. The zero-order chi connectivity index (χ0) is 12.5. The standard InChI is InChI=1S/C12H14ClN3S/c1-12(2,3)9-6-17-11(16-9)5-8-4-10(13)15-7-14-8/h4,6-7H,5H2,1-3H3. The van der Waals surface area contributed by atoms with Crippen molar-refractivity contribution in [3.63, 3.8) is 0 Å². The zero-order valence-corrected chi connectivity index (χ0v) is 11.6. The monoisotopic (exact) mass is 267 g/mol. The van der Waals surface area contributed by atoms with Crippen LogP contribution in [0, 0.1) is 0 Å². The van der Waals surface area contributed by atoms with Crippen LogP contribution in [0.1, 0.15) is 37.2 Å². The first-order valence-corrected chi connectivity index (χ1v) is 6.62. The molecule has 0 spiro atoms. The fraction of sp³-hybridized carbons (Fsp3) is 0.417. The third-order valence-electron chi connectivity index (χ3n) is 2.34. The van der Waals surface area contributed by atoms with Crippen molar-refractivity contribution in [1.29, 1.82) is 0 Å². The molecule has 0 aromatic carbocycles. The Hall–Kier alpha value is -1.00. The molecule has 0 unspecified atom stereocenters. The molecule has 3 nitrogen and oxygen atoms in total. The molecule has 0 radical (unpaired) electrons. The second kappa shape index (κ2) is 4.70. The lowest BCUT2D eigenvalue weighted by atomic mass is 9.93. The van der Waals surface area contributed by atoms with E-state index < -0.39 is 0 Å². The number of nitrogens with zero attached hydrogens (tertiary/aromatic N) is 3. The smallest absolute Gasteiger partial charge is 0.132 e. The average molecular weight is 268 g/mol. The molecule has 0 aliphatic carbocycles. The van der Waals surface area contributed by atoms with Crippen LogP contribution in [0.4, 0.5) is 0 Å². The van der Waals surface area contributed by atoms with Gasteiger partial charge in [-0.1, -0.05) is 32.4 Å². The molecule has 0 fully saturated rings. The Morgan fingerprint density at radius 2 is 2.06 bits per heavy atom. The van der Waals surface area contributed by atoms with Gasteiger partial charge in [0.2, 0.25) is 0 Å². The van der Waals surface area contributed by atoms with E-state index in [-0.39, 0.29) is 5.41 Å². The molecule has 17 heavy (non-hydrogen) atoms. The van der Waals surface area contributed by atoms with E-state index in [1.54, 1.807) is 17.4 Å². The molecule has 0 aliphatic rings. The van der Waals surface area contributed by atoms with E-state index >= 15 is 0 Å². The predicted octanol–water partition coefficient (Wildman–Crippen LogP) is 3.47. The summed E-state index contributed by atoms with van der Waals surface area (Å²) in [6, 6.07) is 1.78. The highest BCUT2D eigenvalue weighted by molar-refractivity contribution is 7.09. The first kappa shape index (κ1) is 12.5. The zero-order valence-electron chi connectivity index (χ0n) is 10.1. The highest BCUT2D eigenvalue weighted by Gasteiger charge is 2.17. The number of hydrogen-bond donors (Lipinski definition) is 0. The molecular weight excluding hydrogens is 254 g/mol. The largest absolute Gasteiger partial charge is 0.245 e. The van der Waals surface area contributed by atoms with E-state index in [0.717, 1.165) is 16.4 Å². The predicted molar refractivity (Wildman–Crippen MR) is 70.7 cm³/mol. The maximum absolute atomic E-state index is 5.82. The van der Waals surface area contributed by atoms with E-state index in [2.05, 4.69) is 41.1 Å². The van der Waals surface area contributed by atoms with Gasteiger partial charge in [-0.25, -0.2) is 15.0 Å². The summed E-state index contributed by atoms with van der Waals surface area (Å²) in [5.74, 6) is 0. The molecule has 0 atom stereocenters. The fourth-order valence-electron chi connectivity index (χ4n) is 1.36. The molecule has 2 heterocycles. The van der Waals surface area contributed by atoms with Crippen molar-refractivity contribution in [2.24, 2.45) is 0 Å². The van der Waals surface area contributed by atoms with Gasteiger partial charge in [0, 0.05) is 17.2 Å². The Bertz CT molecular complexity index is 516. The van der Waals surface area contributed by atoms with Crippen molar-refractivity contribution < 1.29 is 0 Å². The van der Waals surface area contributed by atoms with Gasteiger partial charge in [-0.15, -0.1) is 11.3 Å². The molecule has 2 rings (SSSR count).